The molecule has 106 valence electrons. The van der Waals surface area contributed by atoms with E-state index in [-0.39, 0.29) is 25.7 Å². The molecule has 2 aliphatic rings. The third-order valence-electron chi connectivity index (χ3n) is 4.76. The fourth-order valence-electron chi connectivity index (χ4n) is 3.77. The van der Waals surface area contributed by atoms with Crippen LogP contribution in [0.5, 0.6) is 0 Å². The predicted octanol–water partition coefficient (Wildman–Crippen LogP) is 1.94. The summed E-state index contributed by atoms with van der Waals surface area (Å²) in [5.41, 5.74) is -1.05. The average Bonchev–Trinajstić information content (AvgIpc) is 2.69. The first-order chi connectivity index (χ1) is 8.32. The van der Waals surface area contributed by atoms with E-state index in [2.05, 4.69) is 19.6 Å². The Balaban J connectivity index is 2.30. The minimum absolute atomic E-state index is 0.165. The SMILES string of the molecule is CC12CC(OO)(OO)CC1(C)CC(OO)(OO)C2. The molecule has 8 nitrogen and oxygen atoms in total. The molecule has 18 heavy (non-hydrogen) atoms. The Morgan fingerprint density at radius 2 is 0.833 bits per heavy atom. The summed E-state index contributed by atoms with van der Waals surface area (Å²) in [6.07, 6.45) is 0.659. The normalized spacial score (nSPS) is 41.0. The van der Waals surface area contributed by atoms with Gasteiger partial charge >= 0.3 is 0 Å². The largest absolute Gasteiger partial charge is 0.249 e. The van der Waals surface area contributed by atoms with Crippen LogP contribution in [0.1, 0.15) is 39.5 Å². The maximum absolute atomic E-state index is 8.90. The summed E-state index contributed by atoms with van der Waals surface area (Å²) >= 11 is 0. The van der Waals surface area contributed by atoms with Crippen molar-refractivity contribution in [1.29, 1.82) is 0 Å². The molecule has 0 saturated heterocycles. The zero-order valence-corrected chi connectivity index (χ0v) is 10.3. The first-order valence-electron chi connectivity index (χ1n) is 5.63. The van der Waals surface area contributed by atoms with Crippen LogP contribution in [0.25, 0.3) is 0 Å². The van der Waals surface area contributed by atoms with Gasteiger partial charge in [0.05, 0.1) is 0 Å². The Morgan fingerprint density at radius 1 is 0.611 bits per heavy atom. The highest BCUT2D eigenvalue weighted by Gasteiger charge is 2.70. The van der Waals surface area contributed by atoms with E-state index >= 15 is 0 Å². The topological polar surface area (TPSA) is 118 Å². The van der Waals surface area contributed by atoms with Crippen molar-refractivity contribution in [2.24, 2.45) is 10.8 Å². The molecule has 0 amide bonds. The van der Waals surface area contributed by atoms with Gasteiger partial charge in [0.25, 0.3) is 0 Å². The lowest BCUT2D eigenvalue weighted by Gasteiger charge is -2.32. The summed E-state index contributed by atoms with van der Waals surface area (Å²) in [4.78, 5) is 17.1. The van der Waals surface area contributed by atoms with E-state index in [9.17, 15) is 0 Å². The van der Waals surface area contributed by atoms with Crippen molar-refractivity contribution in [3.63, 3.8) is 0 Å². The molecule has 0 unspecified atom stereocenters. The minimum atomic E-state index is -1.50. The summed E-state index contributed by atoms with van der Waals surface area (Å²) in [6, 6.07) is 0. The summed E-state index contributed by atoms with van der Waals surface area (Å²) < 4.78 is 0. The molecule has 0 aromatic heterocycles. The molecule has 0 aliphatic heterocycles. The maximum Gasteiger partial charge on any atom is 0.234 e. The molecule has 2 aliphatic carbocycles. The number of hydrogen-bond donors (Lipinski definition) is 4. The van der Waals surface area contributed by atoms with Crippen molar-refractivity contribution in [2.45, 2.75) is 51.1 Å². The summed E-state index contributed by atoms with van der Waals surface area (Å²) in [7, 11) is 0. The van der Waals surface area contributed by atoms with E-state index in [0.29, 0.717) is 0 Å². The van der Waals surface area contributed by atoms with Gasteiger partial charge in [-0.25, -0.2) is 40.6 Å². The van der Waals surface area contributed by atoms with Crippen LogP contribution in [-0.2, 0) is 19.6 Å². The van der Waals surface area contributed by atoms with Crippen molar-refractivity contribution in [3.05, 3.63) is 0 Å². The maximum atomic E-state index is 8.90. The second kappa shape index (κ2) is 4.09. The van der Waals surface area contributed by atoms with Gasteiger partial charge < -0.3 is 0 Å². The Bertz CT molecular complexity index is 274. The molecule has 0 atom stereocenters. The van der Waals surface area contributed by atoms with Crippen LogP contribution < -0.4 is 0 Å². The Kier molecular flexibility index (Phi) is 3.20. The lowest BCUT2D eigenvalue weighted by atomic mass is 9.71. The fraction of sp³-hybridized carbons (Fsp3) is 1.00. The molecule has 2 rings (SSSR count). The van der Waals surface area contributed by atoms with E-state index < -0.39 is 22.4 Å². The highest BCUT2D eigenvalue weighted by molar-refractivity contribution is 5.12. The molecule has 0 spiro atoms. The molecular weight excluding hydrogens is 248 g/mol. The van der Waals surface area contributed by atoms with E-state index in [4.69, 9.17) is 21.0 Å². The molecule has 2 saturated carbocycles. The van der Waals surface area contributed by atoms with Crippen molar-refractivity contribution in [3.8, 4) is 0 Å². The van der Waals surface area contributed by atoms with Gasteiger partial charge in [-0.15, -0.1) is 0 Å². The third-order valence-corrected chi connectivity index (χ3v) is 4.76. The quantitative estimate of drug-likeness (QED) is 0.346. The lowest BCUT2D eigenvalue weighted by molar-refractivity contribution is -0.499. The van der Waals surface area contributed by atoms with E-state index in [1.165, 1.54) is 0 Å². The molecule has 8 heteroatoms. The predicted molar refractivity (Wildman–Crippen MR) is 55.0 cm³/mol. The fourth-order valence-corrected chi connectivity index (χ4v) is 3.77. The second-order valence-corrected chi connectivity index (χ2v) is 6.01. The molecule has 0 radical (unpaired) electrons. The summed E-state index contributed by atoms with van der Waals surface area (Å²) in [6.45, 7) is 3.71. The zero-order chi connectivity index (χ0) is 13.7. The van der Waals surface area contributed by atoms with Gasteiger partial charge in [0.15, 0.2) is 0 Å². The lowest BCUT2D eigenvalue weighted by Crippen LogP contribution is -2.38. The minimum Gasteiger partial charge on any atom is -0.249 e. The highest BCUT2D eigenvalue weighted by atomic mass is 17.2. The van der Waals surface area contributed by atoms with E-state index in [0.717, 1.165) is 0 Å². The first-order valence-corrected chi connectivity index (χ1v) is 5.63. The van der Waals surface area contributed by atoms with Gasteiger partial charge in [-0.1, -0.05) is 13.8 Å². The van der Waals surface area contributed by atoms with Crippen molar-refractivity contribution in [1.82, 2.24) is 0 Å². The number of hydrogen-bond acceptors (Lipinski definition) is 8. The van der Waals surface area contributed by atoms with Gasteiger partial charge in [0.1, 0.15) is 0 Å². The van der Waals surface area contributed by atoms with Crippen LogP contribution in [0.3, 0.4) is 0 Å². The first kappa shape index (κ1) is 14.1. The molecule has 0 heterocycles. The smallest absolute Gasteiger partial charge is 0.234 e. The standard InChI is InChI=1S/C10H18O8/c1-7-3-9(15-11,16-12)5-8(7,2)6-10(4-7,17-13)18-14/h11-14H,3-6H2,1-2H3. The Hall–Kier alpha value is -0.320. The summed E-state index contributed by atoms with van der Waals surface area (Å²) in [5, 5.41) is 35.6. The monoisotopic (exact) mass is 266 g/mol. The van der Waals surface area contributed by atoms with Gasteiger partial charge in [0, 0.05) is 25.7 Å². The van der Waals surface area contributed by atoms with Crippen LogP contribution in [0.4, 0.5) is 0 Å². The number of rotatable bonds is 4. The molecule has 0 aromatic carbocycles. The van der Waals surface area contributed by atoms with Crippen LogP contribution in [0.15, 0.2) is 0 Å². The van der Waals surface area contributed by atoms with E-state index in [1.54, 1.807) is 0 Å². The third kappa shape index (κ3) is 1.69. The van der Waals surface area contributed by atoms with Crippen molar-refractivity contribution < 1.29 is 40.6 Å². The molecule has 2 fully saturated rings. The van der Waals surface area contributed by atoms with Crippen LogP contribution in [0, 0.1) is 10.8 Å². The van der Waals surface area contributed by atoms with Crippen LogP contribution >= 0.6 is 0 Å². The van der Waals surface area contributed by atoms with Crippen molar-refractivity contribution >= 4 is 0 Å². The molecule has 0 bridgehead atoms. The zero-order valence-electron chi connectivity index (χ0n) is 10.3. The second-order valence-electron chi connectivity index (χ2n) is 6.01. The average molecular weight is 266 g/mol. The van der Waals surface area contributed by atoms with Gasteiger partial charge in [-0.2, -0.15) is 0 Å². The van der Waals surface area contributed by atoms with Gasteiger partial charge in [-0.3, -0.25) is 0 Å². The Morgan fingerprint density at radius 3 is 1.00 bits per heavy atom. The van der Waals surface area contributed by atoms with E-state index in [1.807, 2.05) is 13.8 Å². The molecule has 4 N–H and O–H groups in total. The van der Waals surface area contributed by atoms with Crippen LogP contribution in [0.2, 0.25) is 0 Å². The van der Waals surface area contributed by atoms with Crippen LogP contribution in [-0.4, -0.2) is 32.6 Å². The van der Waals surface area contributed by atoms with Crippen molar-refractivity contribution in [2.75, 3.05) is 0 Å². The molecule has 0 aromatic rings. The highest BCUT2D eigenvalue weighted by Crippen LogP contribution is 2.69. The number of fused-ring (bicyclic) bond motifs is 1. The van der Waals surface area contributed by atoms with Gasteiger partial charge in [-0.05, 0) is 10.8 Å². The van der Waals surface area contributed by atoms with Gasteiger partial charge in [0.2, 0.25) is 11.6 Å². The summed E-state index contributed by atoms with van der Waals surface area (Å²) in [5.74, 6) is -3.00. The Labute approximate surface area is 103 Å². The molecular formula is C10H18O8.